The zero-order valence-corrected chi connectivity index (χ0v) is 12.7. The van der Waals surface area contributed by atoms with Crippen LogP contribution in [0.15, 0.2) is 42.0 Å². The summed E-state index contributed by atoms with van der Waals surface area (Å²) >= 11 is 0. The molecule has 110 valence electrons. The van der Waals surface area contributed by atoms with Gasteiger partial charge in [-0.1, -0.05) is 19.9 Å². The van der Waals surface area contributed by atoms with Crippen molar-refractivity contribution in [3.05, 3.63) is 53.1 Å². The highest BCUT2D eigenvalue weighted by molar-refractivity contribution is 5.89. The number of carbonyl (C=O) groups excluding carboxylic acids is 1. The lowest BCUT2D eigenvalue weighted by molar-refractivity contribution is 0.0600. The summed E-state index contributed by atoms with van der Waals surface area (Å²) in [5.41, 5.74) is 2.06. The Morgan fingerprint density at radius 3 is 2.55 bits per heavy atom. The highest BCUT2D eigenvalue weighted by Gasteiger charge is 2.07. The second-order valence-corrected chi connectivity index (χ2v) is 3.84. The number of rotatable bonds is 4. The first-order valence-corrected chi connectivity index (χ1v) is 6.58. The van der Waals surface area contributed by atoms with Crippen LogP contribution in [-0.4, -0.2) is 18.1 Å². The number of carbonyl (C=O) groups is 1. The van der Waals surface area contributed by atoms with Crippen LogP contribution in [0, 0.1) is 0 Å². The molecule has 0 amide bonds. The van der Waals surface area contributed by atoms with Gasteiger partial charge in [0, 0.05) is 12.4 Å². The molecule has 20 heavy (non-hydrogen) atoms. The Balaban J connectivity index is 0.00000172. The van der Waals surface area contributed by atoms with E-state index in [1.54, 1.807) is 12.3 Å². The maximum absolute atomic E-state index is 12.8. The van der Waals surface area contributed by atoms with Gasteiger partial charge < -0.3 is 4.74 Å². The number of hydrogen-bond acceptors (Lipinski definition) is 3. The van der Waals surface area contributed by atoms with Crippen molar-refractivity contribution in [1.82, 2.24) is 4.98 Å². The molecule has 0 aliphatic rings. The van der Waals surface area contributed by atoms with Gasteiger partial charge in [0.25, 0.3) is 0 Å². The highest BCUT2D eigenvalue weighted by Crippen LogP contribution is 2.13. The van der Waals surface area contributed by atoms with Gasteiger partial charge in [0.15, 0.2) is 0 Å². The molecule has 0 saturated heterocycles. The summed E-state index contributed by atoms with van der Waals surface area (Å²) in [6.45, 7) is 7.24. The zero-order valence-electron chi connectivity index (χ0n) is 12.7. The molecule has 1 rings (SSSR count). The molecule has 0 radical (unpaired) electrons. The van der Waals surface area contributed by atoms with E-state index in [2.05, 4.69) is 9.72 Å². The minimum absolute atomic E-state index is 0.250. The lowest BCUT2D eigenvalue weighted by Gasteiger charge is -2.04. The van der Waals surface area contributed by atoms with Gasteiger partial charge in [-0.2, -0.15) is 0 Å². The van der Waals surface area contributed by atoms with Crippen molar-refractivity contribution in [2.75, 3.05) is 7.11 Å². The number of esters is 1. The molecule has 4 heteroatoms. The van der Waals surface area contributed by atoms with Crippen molar-refractivity contribution < 1.29 is 13.9 Å². The number of aromatic nitrogens is 1. The van der Waals surface area contributed by atoms with Crippen molar-refractivity contribution in [3.63, 3.8) is 0 Å². The molecule has 1 heterocycles. The van der Waals surface area contributed by atoms with E-state index in [4.69, 9.17) is 0 Å². The summed E-state index contributed by atoms with van der Waals surface area (Å²) in [6.07, 6.45) is 6.91. The highest BCUT2D eigenvalue weighted by atomic mass is 19.1. The zero-order chi connectivity index (χ0) is 15.5. The topological polar surface area (TPSA) is 39.2 Å². The van der Waals surface area contributed by atoms with Crippen molar-refractivity contribution in [2.24, 2.45) is 0 Å². The van der Waals surface area contributed by atoms with Gasteiger partial charge in [-0.05, 0) is 43.5 Å². The van der Waals surface area contributed by atoms with Crippen LogP contribution in [0.5, 0.6) is 0 Å². The van der Waals surface area contributed by atoms with Crippen LogP contribution < -0.4 is 0 Å². The van der Waals surface area contributed by atoms with Crippen LogP contribution in [0.4, 0.5) is 4.39 Å². The molecule has 0 aliphatic carbocycles. The van der Waals surface area contributed by atoms with E-state index < -0.39 is 5.97 Å². The Morgan fingerprint density at radius 2 is 2.05 bits per heavy atom. The van der Waals surface area contributed by atoms with Gasteiger partial charge in [-0.25, -0.2) is 9.18 Å². The first-order valence-electron chi connectivity index (χ1n) is 6.58. The van der Waals surface area contributed by atoms with Crippen molar-refractivity contribution in [3.8, 4) is 0 Å². The average Bonchev–Trinajstić information content (AvgIpc) is 2.47. The maximum atomic E-state index is 12.8. The third-order valence-corrected chi connectivity index (χ3v) is 2.38. The van der Waals surface area contributed by atoms with Gasteiger partial charge in [0.1, 0.15) is 0 Å². The second-order valence-electron chi connectivity index (χ2n) is 3.84. The van der Waals surface area contributed by atoms with Crippen LogP contribution in [0.2, 0.25) is 0 Å². The van der Waals surface area contributed by atoms with Crippen molar-refractivity contribution in [2.45, 2.75) is 34.1 Å². The standard InChI is InChI=1S/C14H16FNO2.C2H6/c1-4-11(5-10(2)15)6-12-7-13(9-16-8-12)14(17)18-3;1-2/h4-5,7-9H,6H2,1-3H3;1-2H3/b10-5+,11-4+;. The molecule has 0 unspecified atom stereocenters. The number of allylic oxidation sites excluding steroid dienone is 4. The largest absolute Gasteiger partial charge is 0.465 e. The third-order valence-electron chi connectivity index (χ3n) is 2.38. The molecule has 0 N–H and O–H groups in total. The van der Waals surface area contributed by atoms with Gasteiger partial charge in [0.05, 0.1) is 18.5 Å². The Bertz CT molecular complexity index is 489. The minimum Gasteiger partial charge on any atom is -0.465 e. The normalized spacial score (nSPS) is 11.5. The molecule has 0 atom stereocenters. The Morgan fingerprint density at radius 1 is 1.40 bits per heavy atom. The number of pyridine rings is 1. The molecule has 0 spiro atoms. The summed E-state index contributed by atoms with van der Waals surface area (Å²) in [7, 11) is 1.32. The number of methoxy groups -OCH3 is 1. The third kappa shape index (κ3) is 6.27. The molecule has 0 aliphatic heterocycles. The van der Waals surface area contributed by atoms with E-state index in [-0.39, 0.29) is 5.83 Å². The first kappa shape index (κ1) is 18.0. The number of hydrogen-bond donors (Lipinski definition) is 0. The molecule has 1 aromatic rings. The van der Waals surface area contributed by atoms with E-state index in [0.717, 1.165) is 11.1 Å². The second kappa shape index (κ2) is 9.89. The monoisotopic (exact) mass is 279 g/mol. The predicted octanol–water partition coefficient (Wildman–Crippen LogP) is 4.26. The fourth-order valence-corrected chi connectivity index (χ4v) is 1.54. The molecule has 0 bridgehead atoms. The quantitative estimate of drug-likeness (QED) is 0.610. The SMILES string of the molecule is C/C=C(\C=C(/C)F)Cc1cncc(C(=O)OC)c1.CC. The molecule has 0 saturated carbocycles. The molecular formula is C16H22FNO2. The molecule has 3 nitrogen and oxygen atoms in total. The van der Waals surface area contributed by atoms with Crippen LogP contribution >= 0.6 is 0 Å². The van der Waals surface area contributed by atoms with Crippen LogP contribution in [-0.2, 0) is 11.2 Å². The number of nitrogens with zero attached hydrogens (tertiary/aromatic N) is 1. The maximum Gasteiger partial charge on any atom is 0.339 e. The van der Waals surface area contributed by atoms with Gasteiger partial charge in [-0.3, -0.25) is 4.98 Å². The minimum atomic E-state index is -0.427. The molecular weight excluding hydrogens is 257 g/mol. The Hall–Kier alpha value is -1.97. The molecule has 1 aromatic heterocycles. The predicted molar refractivity (Wildman–Crippen MR) is 79.3 cm³/mol. The van der Waals surface area contributed by atoms with Gasteiger partial charge in [0.2, 0.25) is 0 Å². The summed E-state index contributed by atoms with van der Waals surface area (Å²) in [5, 5.41) is 0. The van der Waals surface area contributed by atoms with E-state index in [0.29, 0.717) is 12.0 Å². The summed E-state index contributed by atoms with van der Waals surface area (Å²) in [5.74, 6) is -0.677. The lowest BCUT2D eigenvalue weighted by atomic mass is 10.0. The first-order chi connectivity index (χ1) is 9.56. The van der Waals surface area contributed by atoms with Crippen molar-refractivity contribution in [1.29, 1.82) is 0 Å². The number of ether oxygens (including phenoxy) is 1. The molecule has 0 aromatic carbocycles. The lowest BCUT2D eigenvalue weighted by Crippen LogP contribution is -2.03. The Kier molecular flexibility index (Phi) is 8.92. The van der Waals surface area contributed by atoms with E-state index in [1.807, 2.05) is 26.8 Å². The van der Waals surface area contributed by atoms with Gasteiger partial charge >= 0.3 is 5.97 Å². The fraction of sp³-hybridized carbons (Fsp3) is 0.375. The summed E-state index contributed by atoms with van der Waals surface area (Å²) < 4.78 is 17.5. The fourth-order valence-electron chi connectivity index (χ4n) is 1.54. The van der Waals surface area contributed by atoms with Crippen molar-refractivity contribution >= 4 is 5.97 Å². The molecule has 0 fully saturated rings. The van der Waals surface area contributed by atoms with Crippen LogP contribution in [0.25, 0.3) is 0 Å². The van der Waals surface area contributed by atoms with E-state index >= 15 is 0 Å². The summed E-state index contributed by atoms with van der Waals surface area (Å²) in [4.78, 5) is 15.3. The van der Waals surface area contributed by atoms with Crippen LogP contribution in [0.1, 0.15) is 43.6 Å². The van der Waals surface area contributed by atoms with Crippen LogP contribution in [0.3, 0.4) is 0 Å². The average molecular weight is 279 g/mol. The van der Waals surface area contributed by atoms with E-state index in [1.165, 1.54) is 26.3 Å². The Labute approximate surface area is 120 Å². The van der Waals surface area contributed by atoms with Gasteiger partial charge in [-0.15, -0.1) is 0 Å². The van der Waals surface area contributed by atoms with E-state index in [9.17, 15) is 9.18 Å². The smallest absolute Gasteiger partial charge is 0.339 e. The number of halogens is 1. The summed E-state index contributed by atoms with van der Waals surface area (Å²) in [6, 6.07) is 1.70.